The lowest BCUT2D eigenvalue weighted by molar-refractivity contribution is 0.152. The largest absolute Gasteiger partial charge is 0.396 e. The fraction of sp³-hybridized carbons (Fsp3) is 0.538. The van der Waals surface area contributed by atoms with Crippen LogP contribution in [-0.2, 0) is 12.8 Å². The second kappa shape index (κ2) is 3.09. The van der Waals surface area contributed by atoms with Crippen LogP contribution < -0.4 is 0 Å². The molecule has 1 aliphatic rings. The lowest BCUT2D eigenvalue weighted by atomic mass is 9.88. The van der Waals surface area contributed by atoms with Crippen molar-refractivity contribution in [2.75, 3.05) is 6.61 Å². The number of aliphatic hydroxyl groups is 1. The summed E-state index contributed by atoms with van der Waals surface area (Å²) in [6, 6.07) is 4.57. The van der Waals surface area contributed by atoms with Crippen molar-refractivity contribution in [1.29, 1.82) is 0 Å². The predicted molar refractivity (Wildman–Crippen MR) is 58.5 cm³/mol. The average Bonchev–Trinajstić information content (AvgIpc) is 2.43. The number of aryl methyl sites for hydroxylation is 2. The van der Waals surface area contributed by atoms with Gasteiger partial charge in [0, 0.05) is 6.61 Å². The highest BCUT2D eigenvalue weighted by atomic mass is 16.3. The van der Waals surface area contributed by atoms with Crippen molar-refractivity contribution >= 4 is 0 Å². The lowest BCUT2D eigenvalue weighted by Crippen LogP contribution is -2.21. The first-order valence-corrected chi connectivity index (χ1v) is 5.24. The molecule has 0 fully saturated rings. The Morgan fingerprint density at radius 3 is 1.93 bits per heavy atom. The molecule has 2 rings (SSSR count). The van der Waals surface area contributed by atoms with Gasteiger partial charge in [-0.3, -0.25) is 0 Å². The molecule has 0 bridgehead atoms. The molecule has 1 aromatic rings. The van der Waals surface area contributed by atoms with E-state index in [9.17, 15) is 5.11 Å². The third-order valence-corrected chi connectivity index (χ3v) is 3.43. The lowest BCUT2D eigenvalue weighted by Gasteiger charge is -2.19. The minimum Gasteiger partial charge on any atom is -0.396 e. The highest BCUT2D eigenvalue weighted by Gasteiger charge is 2.32. The number of rotatable bonds is 1. The molecule has 0 amide bonds. The summed E-state index contributed by atoms with van der Waals surface area (Å²) in [6.45, 7) is 6.77. The van der Waals surface area contributed by atoms with Crippen LogP contribution in [0, 0.1) is 19.3 Å². The van der Waals surface area contributed by atoms with E-state index in [0.29, 0.717) is 6.61 Å². The van der Waals surface area contributed by atoms with Gasteiger partial charge in [-0.05, 0) is 54.4 Å². The molecule has 76 valence electrons. The van der Waals surface area contributed by atoms with Crippen LogP contribution in [0.1, 0.15) is 29.2 Å². The van der Waals surface area contributed by atoms with Crippen molar-refractivity contribution < 1.29 is 5.11 Å². The second-order valence-electron chi connectivity index (χ2n) is 5.03. The molecule has 0 aliphatic heterocycles. The first kappa shape index (κ1) is 9.72. The number of hydrogen-bond donors (Lipinski definition) is 1. The highest BCUT2D eigenvalue weighted by Crippen LogP contribution is 2.37. The van der Waals surface area contributed by atoms with Crippen molar-refractivity contribution in [3.8, 4) is 0 Å². The van der Waals surface area contributed by atoms with Crippen molar-refractivity contribution in [3.63, 3.8) is 0 Å². The predicted octanol–water partition coefficient (Wildman–Crippen LogP) is 2.40. The van der Waals surface area contributed by atoms with Crippen LogP contribution in [0.15, 0.2) is 12.1 Å². The van der Waals surface area contributed by atoms with Crippen LogP contribution in [0.4, 0.5) is 0 Å². The van der Waals surface area contributed by atoms with E-state index in [0.717, 1.165) is 12.8 Å². The topological polar surface area (TPSA) is 20.2 Å². The molecular weight excluding hydrogens is 172 g/mol. The molecule has 0 heterocycles. The number of hydrogen-bond acceptors (Lipinski definition) is 1. The van der Waals surface area contributed by atoms with Crippen molar-refractivity contribution in [3.05, 3.63) is 34.4 Å². The van der Waals surface area contributed by atoms with E-state index in [1.54, 1.807) is 0 Å². The highest BCUT2D eigenvalue weighted by molar-refractivity contribution is 5.41. The molecule has 0 saturated carbocycles. The summed E-state index contributed by atoms with van der Waals surface area (Å²) in [5, 5.41) is 9.34. The molecule has 0 radical (unpaired) electrons. The number of fused-ring (bicyclic) bond motifs is 1. The van der Waals surface area contributed by atoms with E-state index in [-0.39, 0.29) is 5.41 Å². The van der Waals surface area contributed by atoms with Crippen molar-refractivity contribution in [2.24, 2.45) is 5.41 Å². The number of aliphatic hydroxyl groups excluding tert-OH is 1. The summed E-state index contributed by atoms with van der Waals surface area (Å²) in [5.74, 6) is 0. The molecule has 1 N–H and O–H groups in total. The quantitative estimate of drug-likeness (QED) is 0.721. The van der Waals surface area contributed by atoms with Crippen LogP contribution in [0.25, 0.3) is 0 Å². The maximum absolute atomic E-state index is 9.34. The second-order valence-corrected chi connectivity index (χ2v) is 5.03. The Labute approximate surface area is 85.8 Å². The van der Waals surface area contributed by atoms with Gasteiger partial charge in [-0.1, -0.05) is 19.1 Å². The van der Waals surface area contributed by atoms with Gasteiger partial charge in [0.2, 0.25) is 0 Å². The molecule has 0 aromatic heterocycles. The Bertz CT molecular complexity index is 335. The summed E-state index contributed by atoms with van der Waals surface area (Å²) >= 11 is 0. The third-order valence-electron chi connectivity index (χ3n) is 3.43. The normalized spacial score (nSPS) is 18.3. The van der Waals surface area contributed by atoms with Crippen molar-refractivity contribution in [2.45, 2.75) is 33.6 Å². The SMILES string of the molecule is Cc1cc2c(cc1C)CC(C)(CO)C2. The molecule has 14 heavy (non-hydrogen) atoms. The van der Waals surface area contributed by atoms with Gasteiger partial charge in [-0.25, -0.2) is 0 Å². The van der Waals surface area contributed by atoms with Gasteiger partial charge < -0.3 is 5.11 Å². The summed E-state index contributed by atoms with van der Waals surface area (Å²) < 4.78 is 0. The zero-order valence-corrected chi connectivity index (χ0v) is 9.22. The monoisotopic (exact) mass is 190 g/mol. The van der Waals surface area contributed by atoms with Crippen molar-refractivity contribution in [1.82, 2.24) is 0 Å². The first-order valence-electron chi connectivity index (χ1n) is 5.24. The summed E-state index contributed by atoms with van der Waals surface area (Å²) in [7, 11) is 0. The zero-order valence-electron chi connectivity index (χ0n) is 9.22. The smallest absolute Gasteiger partial charge is 0.0491 e. The molecule has 1 nitrogen and oxygen atoms in total. The van der Waals surface area contributed by atoms with Crippen LogP contribution in [0.5, 0.6) is 0 Å². The van der Waals surface area contributed by atoms with Gasteiger partial charge in [0.05, 0.1) is 0 Å². The van der Waals surface area contributed by atoms with E-state index in [4.69, 9.17) is 0 Å². The molecule has 0 spiro atoms. The zero-order chi connectivity index (χ0) is 10.3. The molecule has 1 aliphatic carbocycles. The van der Waals surface area contributed by atoms with Gasteiger partial charge in [0.25, 0.3) is 0 Å². The van der Waals surface area contributed by atoms with E-state index in [1.165, 1.54) is 22.3 Å². The Balaban J connectivity index is 2.41. The maximum atomic E-state index is 9.34. The first-order chi connectivity index (χ1) is 6.54. The molecule has 1 heteroatoms. The van der Waals surface area contributed by atoms with Crippen LogP contribution in [0.2, 0.25) is 0 Å². The van der Waals surface area contributed by atoms with Crippen LogP contribution in [-0.4, -0.2) is 11.7 Å². The van der Waals surface area contributed by atoms with Gasteiger partial charge in [0.15, 0.2) is 0 Å². The fourth-order valence-electron chi connectivity index (χ4n) is 2.36. The standard InChI is InChI=1S/C13H18O/c1-9-4-11-6-13(3,8-14)7-12(11)5-10(9)2/h4-5,14H,6-8H2,1-3H3. The third kappa shape index (κ3) is 1.46. The Hall–Kier alpha value is -0.820. The molecule has 0 atom stereocenters. The fourth-order valence-corrected chi connectivity index (χ4v) is 2.36. The van der Waals surface area contributed by atoms with Gasteiger partial charge in [-0.15, -0.1) is 0 Å². The minimum atomic E-state index is 0.0859. The van der Waals surface area contributed by atoms with E-state index in [2.05, 4.69) is 32.9 Å². The number of benzene rings is 1. The molecule has 1 aromatic carbocycles. The van der Waals surface area contributed by atoms with E-state index < -0.39 is 0 Å². The summed E-state index contributed by atoms with van der Waals surface area (Å²) in [6.07, 6.45) is 2.06. The average molecular weight is 190 g/mol. The summed E-state index contributed by atoms with van der Waals surface area (Å²) in [4.78, 5) is 0. The molecular formula is C13H18O. The Kier molecular flexibility index (Phi) is 2.15. The van der Waals surface area contributed by atoms with Gasteiger partial charge >= 0.3 is 0 Å². The van der Waals surface area contributed by atoms with Crippen LogP contribution >= 0.6 is 0 Å². The summed E-state index contributed by atoms with van der Waals surface area (Å²) in [5.41, 5.74) is 5.69. The maximum Gasteiger partial charge on any atom is 0.0491 e. The van der Waals surface area contributed by atoms with E-state index >= 15 is 0 Å². The molecule has 0 saturated heterocycles. The minimum absolute atomic E-state index is 0.0859. The van der Waals surface area contributed by atoms with Gasteiger partial charge in [-0.2, -0.15) is 0 Å². The Morgan fingerprint density at radius 2 is 1.57 bits per heavy atom. The van der Waals surface area contributed by atoms with E-state index in [1.807, 2.05) is 0 Å². The molecule has 0 unspecified atom stereocenters. The Morgan fingerprint density at radius 1 is 1.14 bits per heavy atom. The van der Waals surface area contributed by atoms with Crippen LogP contribution in [0.3, 0.4) is 0 Å². The van der Waals surface area contributed by atoms with Gasteiger partial charge in [0.1, 0.15) is 0 Å².